The van der Waals surface area contributed by atoms with Crippen molar-refractivity contribution in [2.24, 2.45) is 0 Å². The van der Waals surface area contributed by atoms with Gasteiger partial charge in [0.2, 0.25) is 5.91 Å². The number of fused-ring (bicyclic) bond motifs is 1. The SMILES string of the molecule is COc1cc2c(Oc3ccc(NC(=O)NC(=O)Cc4ccc(F)cc4)cc3F)ccnc2cc1O. The summed E-state index contributed by atoms with van der Waals surface area (Å²) in [4.78, 5) is 28.3. The summed E-state index contributed by atoms with van der Waals surface area (Å²) >= 11 is 0. The van der Waals surface area contributed by atoms with Crippen molar-refractivity contribution in [1.29, 1.82) is 0 Å². The van der Waals surface area contributed by atoms with Crippen molar-refractivity contribution in [3.8, 4) is 23.0 Å². The van der Waals surface area contributed by atoms with E-state index in [1.165, 1.54) is 67.9 Å². The molecule has 0 saturated heterocycles. The van der Waals surface area contributed by atoms with Gasteiger partial charge in [-0.15, -0.1) is 0 Å². The van der Waals surface area contributed by atoms with E-state index in [-0.39, 0.29) is 35.1 Å². The number of amides is 3. The van der Waals surface area contributed by atoms with E-state index in [0.717, 1.165) is 6.07 Å². The van der Waals surface area contributed by atoms with Crippen LogP contribution in [0, 0.1) is 11.6 Å². The Morgan fingerprint density at radius 1 is 0.971 bits per heavy atom. The summed E-state index contributed by atoms with van der Waals surface area (Å²) < 4.78 is 38.5. The van der Waals surface area contributed by atoms with Crippen LogP contribution in [0.25, 0.3) is 10.9 Å². The third-order valence-corrected chi connectivity index (χ3v) is 4.94. The number of halogens is 2. The van der Waals surface area contributed by atoms with E-state index in [0.29, 0.717) is 16.5 Å². The Balaban J connectivity index is 1.43. The first-order valence-electron chi connectivity index (χ1n) is 10.3. The molecule has 8 nitrogen and oxygen atoms in total. The van der Waals surface area contributed by atoms with Crippen LogP contribution in [-0.2, 0) is 11.2 Å². The van der Waals surface area contributed by atoms with E-state index in [9.17, 15) is 23.5 Å². The number of phenolic OH excluding ortho intramolecular Hbond substituents is 1. The average Bonchev–Trinajstić information content (AvgIpc) is 2.82. The first-order valence-corrected chi connectivity index (χ1v) is 10.3. The van der Waals surface area contributed by atoms with Crippen LogP contribution in [0.2, 0.25) is 0 Å². The molecule has 0 atom stereocenters. The molecule has 1 heterocycles. The molecule has 4 aromatic rings. The molecule has 0 bridgehead atoms. The second-order valence-electron chi connectivity index (χ2n) is 7.40. The summed E-state index contributed by atoms with van der Waals surface area (Å²) in [5, 5.41) is 14.9. The Kier molecular flexibility index (Phi) is 6.72. The maximum Gasteiger partial charge on any atom is 0.325 e. The lowest BCUT2D eigenvalue weighted by atomic mass is 10.1. The van der Waals surface area contributed by atoms with Crippen LogP contribution in [0.15, 0.2) is 66.9 Å². The molecule has 35 heavy (non-hydrogen) atoms. The van der Waals surface area contributed by atoms with Crippen molar-refractivity contribution in [3.63, 3.8) is 0 Å². The van der Waals surface area contributed by atoms with Crippen LogP contribution in [-0.4, -0.2) is 29.1 Å². The van der Waals surface area contributed by atoms with E-state index in [4.69, 9.17) is 9.47 Å². The average molecular weight is 479 g/mol. The second-order valence-corrected chi connectivity index (χ2v) is 7.40. The molecule has 10 heteroatoms. The number of aromatic hydroxyl groups is 1. The number of carbonyl (C=O) groups is 2. The van der Waals surface area contributed by atoms with Gasteiger partial charge in [0.25, 0.3) is 0 Å². The lowest BCUT2D eigenvalue weighted by molar-refractivity contribution is -0.119. The monoisotopic (exact) mass is 479 g/mol. The van der Waals surface area contributed by atoms with Crippen molar-refractivity contribution in [3.05, 3.63) is 84.1 Å². The number of pyridine rings is 1. The Hall–Kier alpha value is -4.73. The number of methoxy groups -OCH3 is 1. The Morgan fingerprint density at radius 3 is 2.46 bits per heavy atom. The van der Waals surface area contributed by atoms with Crippen LogP contribution in [0.4, 0.5) is 19.3 Å². The minimum Gasteiger partial charge on any atom is -0.504 e. The molecule has 0 aliphatic rings. The number of nitrogens with one attached hydrogen (secondary N) is 2. The number of urea groups is 1. The fourth-order valence-corrected chi connectivity index (χ4v) is 3.29. The van der Waals surface area contributed by atoms with Gasteiger partial charge in [-0.3, -0.25) is 15.1 Å². The topological polar surface area (TPSA) is 110 Å². The molecule has 0 saturated carbocycles. The number of nitrogens with zero attached hydrogens (tertiary/aromatic N) is 1. The smallest absolute Gasteiger partial charge is 0.325 e. The number of rotatable bonds is 6. The fraction of sp³-hybridized carbons (Fsp3) is 0.0800. The number of imide groups is 1. The molecule has 0 fully saturated rings. The van der Waals surface area contributed by atoms with Crippen molar-refractivity contribution in [2.75, 3.05) is 12.4 Å². The summed E-state index contributed by atoms with van der Waals surface area (Å²) in [7, 11) is 1.40. The van der Waals surface area contributed by atoms with Gasteiger partial charge < -0.3 is 19.9 Å². The van der Waals surface area contributed by atoms with E-state index >= 15 is 0 Å². The minimum absolute atomic E-state index is 0.0908. The van der Waals surface area contributed by atoms with Crippen LogP contribution < -0.4 is 20.1 Å². The number of carbonyl (C=O) groups excluding carboxylic acids is 2. The highest BCUT2D eigenvalue weighted by Crippen LogP contribution is 2.37. The van der Waals surface area contributed by atoms with Gasteiger partial charge in [0, 0.05) is 29.4 Å². The molecule has 3 N–H and O–H groups in total. The van der Waals surface area contributed by atoms with Crippen LogP contribution in [0.3, 0.4) is 0 Å². The number of aromatic nitrogens is 1. The predicted octanol–water partition coefficient (Wildman–Crippen LogP) is 4.91. The molecule has 0 aliphatic carbocycles. The van der Waals surface area contributed by atoms with E-state index in [2.05, 4.69) is 15.6 Å². The standard InChI is InChI=1S/C25H19F2N3O5/c1-34-23-12-17-19(13-20(23)31)28-9-8-21(17)35-22-7-6-16(11-18(22)27)29-25(33)30-24(32)10-14-2-4-15(26)5-3-14/h2-9,11-13,31H,10H2,1H3,(H2,29,30,32,33). The summed E-state index contributed by atoms with van der Waals surface area (Å²) in [6.45, 7) is 0. The molecule has 3 aromatic carbocycles. The lowest BCUT2D eigenvalue weighted by Gasteiger charge is -2.12. The van der Waals surface area contributed by atoms with E-state index in [1.54, 1.807) is 0 Å². The third-order valence-electron chi connectivity index (χ3n) is 4.94. The zero-order valence-corrected chi connectivity index (χ0v) is 18.3. The number of hydrogen-bond donors (Lipinski definition) is 3. The van der Waals surface area contributed by atoms with Gasteiger partial charge in [-0.2, -0.15) is 0 Å². The maximum atomic E-state index is 14.7. The number of phenols is 1. The predicted molar refractivity (Wildman–Crippen MR) is 124 cm³/mol. The quantitative estimate of drug-likeness (QED) is 0.363. The molecule has 0 spiro atoms. The van der Waals surface area contributed by atoms with Gasteiger partial charge in [-0.1, -0.05) is 12.1 Å². The number of benzene rings is 3. The molecule has 0 aliphatic heterocycles. The Labute approximate surface area is 198 Å². The maximum absolute atomic E-state index is 14.7. The normalized spacial score (nSPS) is 10.6. The van der Waals surface area contributed by atoms with Crippen molar-refractivity contribution >= 4 is 28.5 Å². The van der Waals surface area contributed by atoms with Gasteiger partial charge in [-0.05, 0) is 42.0 Å². The summed E-state index contributed by atoms with van der Waals surface area (Å²) in [6, 6.07) is 12.7. The van der Waals surface area contributed by atoms with Crippen LogP contribution in [0.5, 0.6) is 23.0 Å². The van der Waals surface area contributed by atoms with Crippen LogP contribution >= 0.6 is 0 Å². The fourth-order valence-electron chi connectivity index (χ4n) is 3.29. The van der Waals surface area contributed by atoms with Crippen molar-refractivity contribution in [2.45, 2.75) is 6.42 Å². The van der Waals surface area contributed by atoms with Gasteiger partial charge in [0.05, 0.1) is 19.0 Å². The highest BCUT2D eigenvalue weighted by molar-refractivity contribution is 6.01. The Morgan fingerprint density at radius 2 is 1.74 bits per heavy atom. The van der Waals surface area contributed by atoms with Gasteiger partial charge in [0.15, 0.2) is 23.1 Å². The molecule has 0 unspecified atom stereocenters. The molecular weight excluding hydrogens is 460 g/mol. The largest absolute Gasteiger partial charge is 0.504 e. The first kappa shape index (κ1) is 23.4. The van der Waals surface area contributed by atoms with Crippen molar-refractivity contribution < 1.29 is 33.0 Å². The van der Waals surface area contributed by atoms with E-state index in [1.807, 2.05) is 0 Å². The van der Waals surface area contributed by atoms with E-state index < -0.39 is 23.6 Å². The minimum atomic E-state index is -0.850. The summed E-state index contributed by atoms with van der Waals surface area (Å²) in [5.74, 6) is -1.55. The molecule has 4 rings (SSSR count). The number of hydrogen-bond acceptors (Lipinski definition) is 6. The molecule has 1 aromatic heterocycles. The first-order chi connectivity index (χ1) is 16.8. The van der Waals surface area contributed by atoms with Crippen LogP contribution in [0.1, 0.15) is 5.56 Å². The lowest BCUT2D eigenvalue weighted by Crippen LogP contribution is -2.35. The molecular formula is C25H19F2N3O5. The van der Waals surface area contributed by atoms with Gasteiger partial charge >= 0.3 is 6.03 Å². The molecule has 178 valence electrons. The number of ether oxygens (including phenoxy) is 2. The summed E-state index contributed by atoms with van der Waals surface area (Å²) in [6.07, 6.45) is 1.32. The second kappa shape index (κ2) is 10.0. The van der Waals surface area contributed by atoms with Gasteiger partial charge in [-0.25, -0.2) is 13.6 Å². The molecule has 0 radical (unpaired) electrons. The highest BCUT2D eigenvalue weighted by atomic mass is 19.1. The van der Waals surface area contributed by atoms with Crippen molar-refractivity contribution in [1.82, 2.24) is 10.3 Å². The Bertz CT molecular complexity index is 1410. The van der Waals surface area contributed by atoms with Gasteiger partial charge in [0.1, 0.15) is 11.6 Å². The summed E-state index contributed by atoms with van der Waals surface area (Å²) in [5.41, 5.74) is 1.04. The highest BCUT2D eigenvalue weighted by Gasteiger charge is 2.14. The number of anilines is 1. The zero-order chi connectivity index (χ0) is 24.9. The third kappa shape index (κ3) is 5.61. The molecule has 3 amide bonds. The zero-order valence-electron chi connectivity index (χ0n) is 18.3.